The predicted octanol–water partition coefficient (Wildman–Crippen LogP) is 3.25. The highest BCUT2D eigenvalue weighted by molar-refractivity contribution is 6.39. The third-order valence-corrected chi connectivity index (χ3v) is 3.93. The molecule has 0 amide bonds. The lowest BCUT2D eigenvalue weighted by molar-refractivity contribution is 0.616. The van der Waals surface area contributed by atoms with Gasteiger partial charge in [-0.25, -0.2) is 9.37 Å². The molecule has 2 heterocycles. The van der Waals surface area contributed by atoms with Crippen molar-refractivity contribution in [3.8, 4) is 5.69 Å². The van der Waals surface area contributed by atoms with Gasteiger partial charge in [0.25, 0.3) is 5.56 Å². The van der Waals surface area contributed by atoms with Crippen molar-refractivity contribution in [2.75, 3.05) is 0 Å². The molecule has 8 heteroatoms. The molecule has 0 saturated carbocycles. The summed E-state index contributed by atoms with van der Waals surface area (Å²) in [6.45, 7) is 1.66. The third kappa shape index (κ3) is 2.69. The molecule has 0 fully saturated rings. The van der Waals surface area contributed by atoms with Gasteiger partial charge in [0.1, 0.15) is 11.6 Å². The van der Waals surface area contributed by atoms with Gasteiger partial charge in [0.2, 0.25) is 0 Å². The second-order valence-corrected chi connectivity index (χ2v) is 5.83. The number of nitrogens with two attached hydrogens (primary N) is 1. The number of hydrogen-bond donors (Lipinski definition) is 1. The van der Waals surface area contributed by atoms with Crippen LogP contribution in [0.1, 0.15) is 18.8 Å². The zero-order valence-corrected chi connectivity index (χ0v) is 13.4. The van der Waals surface area contributed by atoms with Gasteiger partial charge in [-0.15, -0.1) is 0 Å². The Labute approximate surface area is 140 Å². The van der Waals surface area contributed by atoms with Crippen molar-refractivity contribution in [1.29, 1.82) is 0 Å². The number of aromatic nitrogens is 3. The lowest BCUT2D eigenvalue weighted by atomic mass is 10.2. The molecule has 0 aliphatic rings. The summed E-state index contributed by atoms with van der Waals surface area (Å²) in [7, 11) is 0. The first-order valence-corrected chi connectivity index (χ1v) is 7.43. The second kappa shape index (κ2) is 5.88. The van der Waals surface area contributed by atoms with Crippen LogP contribution < -0.4 is 11.3 Å². The quantitative estimate of drug-likeness (QED) is 0.768. The minimum atomic E-state index is -0.592. The van der Waals surface area contributed by atoms with Gasteiger partial charge in [-0.2, -0.15) is 0 Å². The summed E-state index contributed by atoms with van der Waals surface area (Å²) in [6, 6.07) is 3.64. The van der Waals surface area contributed by atoms with Crippen molar-refractivity contribution in [3.05, 3.63) is 62.6 Å². The number of halogens is 3. The molecular formula is C15H11Cl2FN4O. The highest BCUT2D eigenvalue weighted by Gasteiger charge is 2.19. The van der Waals surface area contributed by atoms with Gasteiger partial charge in [-0.05, 0) is 19.1 Å². The van der Waals surface area contributed by atoms with E-state index in [2.05, 4.69) is 9.97 Å². The number of hydrogen-bond acceptors (Lipinski definition) is 4. The Hall–Kier alpha value is -2.02. The molecule has 5 nitrogen and oxygen atoms in total. The van der Waals surface area contributed by atoms with Crippen molar-refractivity contribution >= 4 is 34.1 Å². The van der Waals surface area contributed by atoms with Crippen LogP contribution in [0.4, 0.5) is 4.39 Å². The van der Waals surface area contributed by atoms with Crippen molar-refractivity contribution in [2.45, 2.75) is 13.0 Å². The van der Waals surface area contributed by atoms with Crippen LogP contribution in [0.3, 0.4) is 0 Å². The average molecular weight is 353 g/mol. The molecule has 1 aromatic carbocycles. The number of fused-ring (bicyclic) bond motifs is 1. The molecule has 1 atom stereocenters. The smallest absolute Gasteiger partial charge is 0.267 e. The molecule has 2 N–H and O–H groups in total. The highest BCUT2D eigenvalue weighted by atomic mass is 35.5. The minimum absolute atomic E-state index is 0.146. The lowest BCUT2D eigenvalue weighted by Crippen LogP contribution is -2.28. The van der Waals surface area contributed by atoms with Crippen LogP contribution in [0.25, 0.3) is 16.6 Å². The second-order valence-electron chi connectivity index (χ2n) is 5.01. The molecule has 0 unspecified atom stereocenters. The Kier molecular flexibility index (Phi) is 4.06. The molecule has 0 saturated heterocycles. The van der Waals surface area contributed by atoms with Crippen LogP contribution in [0.5, 0.6) is 0 Å². The molecule has 23 heavy (non-hydrogen) atoms. The largest absolute Gasteiger partial charge is 0.322 e. The summed E-state index contributed by atoms with van der Waals surface area (Å²) in [5, 5.41) is 0.636. The van der Waals surface area contributed by atoms with Crippen LogP contribution >= 0.6 is 23.2 Å². The van der Waals surface area contributed by atoms with E-state index >= 15 is 0 Å². The van der Waals surface area contributed by atoms with E-state index < -0.39 is 17.4 Å². The Balaban J connectivity index is 2.50. The van der Waals surface area contributed by atoms with Crippen LogP contribution in [-0.4, -0.2) is 14.5 Å². The Morgan fingerprint density at radius 1 is 1.26 bits per heavy atom. The number of pyridine rings is 1. The summed E-state index contributed by atoms with van der Waals surface area (Å²) < 4.78 is 14.7. The summed E-state index contributed by atoms with van der Waals surface area (Å²) >= 11 is 12.2. The maximum Gasteiger partial charge on any atom is 0.267 e. The summed E-state index contributed by atoms with van der Waals surface area (Å²) in [5.41, 5.74) is 5.92. The summed E-state index contributed by atoms with van der Waals surface area (Å²) in [6.07, 6.45) is 2.39. The molecule has 0 radical (unpaired) electrons. The fourth-order valence-corrected chi connectivity index (χ4v) is 2.75. The number of benzene rings is 1. The fraction of sp³-hybridized carbons (Fsp3) is 0.133. The lowest BCUT2D eigenvalue weighted by Gasteiger charge is -2.16. The SMILES string of the molecule is C[C@H](N)c1nc2c(Cl)ccc(Cl)c2c(=O)n1-c1cncc(F)c1. The first-order valence-electron chi connectivity index (χ1n) is 6.67. The molecule has 0 bridgehead atoms. The fourth-order valence-electron chi connectivity index (χ4n) is 2.31. The maximum atomic E-state index is 13.5. The molecule has 118 valence electrons. The van der Waals surface area contributed by atoms with Gasteiger partial charge < -0.3 is 5.73 Å². The van der Waals surface area contributed by atoms with Crippen molar-refractivity contribution in [3.63, 3.8) is 0 Å². The zero-order chi connectivity index (χ0) is 16.7. The molecule has 3 rings (SSSR count). The van der Waals surface area contributed by atoms with Gasteiger partial charge in [-0.1, -0.05) is 23.2 Å². The van der Waals surface area contributed by atoms with Crippen molar-refractivity contribution < 1.29 is 4.39 Å². The van der Waals surface area contributed by atoms with Crippen molar-refractivity contribution in [1.82, 2.24) is 14.5 Å². The summed E-state index contributed by atoms with van der Waals surface area (Å²) in [4.78, 5) is 21.0. The molecule has 0 aliphatic carbocycles. The van der Waals surface area contributed by atoms with Crippen molar-refractivity contribution in [2.24, 2.45) is 5.73 Å². The molecule has 0 spiro atoms. The van der Waals surface area contributed by atoms with Gasteiger partial charge >= 0.3 is 0 Å². The topological polar surface area (TPSA) is 73.8 Å². The first-order chi connectivity index (χ1) is 10.9. The molecule has 3 aromatic rings. The molecule has 0 aliphatic heterocycles. The van der Waals surface area contributed by atoms with Gasteiger partial charge in [-0.3, -0.25) is 14.3 Å². The average Bonchev–Trinajstić information content (AvgIpc) is 2.50. The molecule has 2 aromatic heterocycles. The Morgan fingerprint density at radius 2 is 1.96 bits per heavy atom. The van der Waals surface area contributed by atoms with Crippen LogP contribution in [0.2, 0.25) is 10.0 Å². The standard InChI is InChI=1S/C15H11Cl2FN4O/c1-7(19)14-21-13-11(17)3-2-10(16)12(13)15(23)22(14)9-4-8(18)5-20-6-9/h2-7H,19H2,1H3/t7-/m0/s1. The summed E-state index contributed by atoms with van der Waals surface area (Å²) in [5.74, 6) is -0.346. The Bertz CT molecular complexity index is 972. The van der Waals surface area contributed by atoms with E-state index in [0.717, 1.165) is 6.20 Å². The number of rotatable bonds is 2. The predicted molar refractivity (Wildman–Crippen MR) is 87.7 cm³/mol. The van der Waals surface area contributed by atoms with E-state index in [1.165, 1.54) is 22.9 Å². The normalized spacial score (nSPS) is 12.6. The zero-order valence-electron chi connectivity index (χ0n) is 11.9. The van der Waals surface area contributed by atoms with E-state index in [1.54, 1.807) is 13.0 Å². The van der Waals surface area contributed by atoms with E-state index in [1.807, 2.05) is 0 Å². The van der Waals surface area contributed by atoms with Gasteiger partial charge in [0.15, 0.2) is 0 Å². The van der Waals surface area contributed by atoms with Crippen LogP contribution in [0.15, 0.2) is 35.4 Å². The van der Waals surface area contributed by atoms with Crippen LogP contribution in [-0.2, 0) is 0 Å². The monoisotopic (exact) mass is 352 g/mol. The van der Waals surface area contributed by atoms with E-state index in [0.29, 0.717) is 0 Å². The van der Waals surface area contributed by atoms with E-state index in [-0.39, 0.29) is 32.5 Å². The maximum absolute atomic E-state index is 13.5. The van der Waals surface area contributed by atoms with E-state index in [9.17, 15) is 9.18 Å². The Morgan fingerprint density at radius 3 is 2.61 bits per heavy atom. The number of nitrogens with zero attached hydrogens (tertiary/aromatic N) is 3. The van der Waals surface area contributed by atoms with Gasteiger partial charge in [0, 0.05) is 6.07 Å². The first kappa shape index (κ1) is 15.9. The molecular weight excluding hydrogens is 342 g/mol. The third-order valence-electron chi connectivity index (χ3n) is 3.31. The van der Waals surface area contributed by atoms with Gasteiger partial charge in [0.05, 0.1) is 45.1 Å². The highest BCUT2D eigenvalue weighted by Crippen LogP contribution is 2.27. The van der Waals surface area contributed by atoms with Crippen LogP contribution in [0, 0.1) is 5.82 Å². The van der Waals surface area contributed by atoms with E-state index in [4.69, 9.17) is 28.9 Å². The minimum Gasteiger partial charge on any atom is -0.322 e.